The fraction of sp³-hybridized carbons (Fsp3) is 0.400. The molecule has 2 aliphatic heterocycles. The summed E-state index contributed by atoms with van der Waals surface area (Å²) in [5.41, 5.74) is 1.85. The van der Waals surface area contributed by atoms with Gasteiger partial charge in [-0.15, -0.1) is 0 Å². The average molecular weight is 1020 g/mol. The molecule has 380 valence electrons. The van der Waals surface area contributed by atoms with E-state index in [0.717, 1.165) is 51.9 Å². The standard InChI is InChI=1S/C25H29ClFN5O3.C21H22ClFN4O2.C4H9NO2/c1-31(2)13-24(33)32-8-6-16(7-9-32)14-35-23-12-21-18(11-22(23)34-3)25(29-15-28-21)30-20-5-4-17(26)10-19(20)27;1-28-19-9-15-18(10-20(19)29-11-13-4-6-24-7-5-13)25-12-26-21(15)27-17-3-2-14(22)8-16(17)23;1-5(2)3-4(6)7/h4-5,10-12,15-16H,6-9,13-14H2,1-3H3,(H,28,29,30);2-3,8-10,12-13,24H,4-7,11H2,1H3,(H,25,26,27);3H2,1-2H3,(H,6,7). The first kappa shape index (κ1) is 54.0. The van der Waals surface area contributed by atoms with Crippen LogP contribution in [0.15, 0.2) is 73.3 Å². The molecule has 0 radical (unpaired) electrons. The predicted molar refractivity (Wildman–Crippen MR) is 272 cm³/mol. The number of likely N-dealkylation sites (tertiary alicyclic amines) is 1. The van der Waals surface area contributed by atoms with Crippen LogP contribution in [0.1, 0.15) is 25.7 Å². The van der Waals surface area contributed by atoms with Crippen molar-refractivity contribution >= 4 is 79.9 Å². The first-order valence-corrected chi connectivity index (χ1v) is 23.7. The van der Waals surface area contributed by atoms with Gasteiger partial charge < -0.3 is 49.8 Å². The fourth-order valence-corrected chi connectivity index (χ4v) is 8.08. The van der Waals surface area contributed by atoms with E-state index in [1.807, 2.05) is 36.0 Å². The third kappa shape index (κ3) is 15.8. The zero-order valence-corrected chi connectivity index (χ0v) is 42.1. The molecule has 1 amide bonds. The van der Waals surface area contributed by atoms with E-state index in [1.54, 1.807) is 69.6 Å². The summed E-state index contributed by atoms with van der Waals surface area (Å²) in [5, 5.41) is 19.4. The third-order valence-electron chi connectivity index (χ3n) is 11.5. The molecular weight excluding hydrogens is 962 g/mol. The number of carboxylic acids is 1. The van der Waals surface area contributed by atoms with E-state index < -0.39 is 17.6 Å². The molecule has 4 aromatic carbocycles. The second-order valence-corrected chi connectivity index (χ2v) is 18.4. The number of aliphatic carboxylic acids is 1. The van der Waals surface area contributed by atoms with Crippen LogP contribution >= 0.6 is 23.2 Å². The molecule has 2 aliphatic rings. The number of carbonyl (C=O) groups is 2. The molecule has 0 aliphatic carbocycles. The van der Waals surface area contributed by atoms with Crippen molar-refractivity contribution in [1.29, 1.82) is 0 Å². The maximum Gasteiger partial charge on any atom is 0.317 e. The van der Waals surface area contributed by atoms with E-state index in [9.17, 15) is 18.4 Å². The molecule has 4 N–H and O–H groups in total. The number of rotatable bonds is 16. The van der Waals surface area contributed by atoms with Crippen molar-refractivity contribution in [3.8, 4) is 23.0 Å². The molecule has 2 fully saturated rings. The Kier molecular flexibility index (Phi) is 19.9. The van der Waals surface area contributed by atoms with Gasteiger partial charge in [-0.3, -0.25) is 14.5 Å². The monoisotopic (exact) mass is 1020 g/mol. The van der Waals surface area contributed by atoms with Crippen LogP contribution in [0.4, 0.5) is 31.8 Å². The first-order chi connectivity index (χ1) is 34.1. The number of likely N-dealkylation sites (N-methyl/N-ethyl adjacent to an activating group) is 2. The number of fused-ring (bicyclic) bond motifs is 2. The van der Waals surface area contributed by atoms with Crippen molar-refractivity contribution in [2.45, 2.75) is 25.7 Å². The minimum Gasteiger partial charge on any atom is -0.493 e. The van der Waals surface area contributed by atoms with Gasteiger partial charge in [0, 0.05) is 46.0 Å². The minimum absolute atomic E-state index is 0.111. The summed E-state index contributed by atoms with van der Waals surface area (Å²) in [4.78, 5) is 44.7. The number of amides is 1. The van der Waals surface area contributed by atoms with Crippen LogP contribution in [0.5, 0.6) is 23.0 Å². The van der Waals surface area contributed by atoms with Crippen LogP contribution in [0, 0.1) is 23.5 Å². The Bertz CT molecular complexity index is 2750. The molecule has 0 spiro atoms. The van der Waals surface area contributed by atoms with Gasteiger partial charge in [-0.25, -0.2) is 28.7 Å². The highest BCUT2D eigenvalue weighted by Crippen LogP contribution is 2.38. The molecule has 21 heteroatoms. The highest BCUT2D eigenvalue weighted by molar-refractivity contribution is 6.31. The van der Waals surface area contributed by atoms with E-state index in [2.05, 4.69) is 35.9 Å². The van der Waals surface area contributed by atoms with Gasteiger partial charge in [-0.2, -0.15) is 0 Å². The lowest BCUT2D eigenvalue weighted by atomic mass is 9.97. The van der Waals surface area contributed by atoms with Crippen LogP contribution in [0.2, 0.25) is 10.0 Å². The van der Waals surface area contributed by atoms with E-state index >= 15 is 0 Å². The number of piperidine rings is 2. The maximum absolute atomic E-state index is 14.3. The van der Waals surface area contributed by atoms with Gasteiger partial charge in [0.15, 0.2) is 23.0 Å². The average Bonchev–Trinajstić information content (AvgIpc) is 3.34. The molecular formula is C50H60Cl2F2N10O7. The van der Waals surface area contributed by atoms with Crippen LogP contribution in [0.25, 0.3) is 21.8 Å². The molecule has 6 aromatic rings. The van der Waals surface area contributed by atoms with Crippen LogP contribution in [0.3, 0.4) is 0 Å². The lowest BCUT2D eigenvalue weighted by Gasteiger charge is -2.32. The predicted octanol–water partition coefficient (Wildman–Crippen LogP) is 8.54. The zero-order chi connectivity index (χ0) is 51.0. The van der Waals surface area contributed by atoms with Crippen molar-refractivity contribution in [3.63, 3.8) is 0 Å². The molecule has 0 saturated carbocycles. The van der Waals surface area contributed by atoms with Crippen LogP contribution in [-0.2, 0) is 9.59 Å². The normalized spacial score (nSPS) is 14.1. The van der Waals surface area contributed by atoms with Gasteiger partial charge >= 0.3 is 5.97 Å². The number of nitrogens with zero attached hydrogens (tertiary/aromatic N) is 7. The summed E-state index contributed by atoms with van der Waals surface area (Å²) in [6.07, 6.45) is 6.81. The number of aromatic nitrogens is 4. The van der Waals surface area contributed by atoms with Gasteiger partial charge in [0.2, 0.25) is 5.91 Å². The van der Waals surface area contributed by atoms with Crippen molar-refractivity contribution in [2.24, 2.45) is 11.8 Å². The second-order valence-electron chi connectivity index (χ2n) is 17.5. The first-order valence-electron chi connectivity index (χ1n) is 23.0. The topological polar surface area (TPSA) is 189 Å². The van der Waals surface area contributed by atoms with Crippen LogP contribution < -0.4 is 34.9 Å². The maximum atomic E-state index is 14.3. The molecule has 2 saturated heterocycles. The number of ether oxygens (including phenoxy) is 4. The highest BCUT2D eigenvalue weighted by atomic mass is 35.5. The number of methoxy groups -OCH3 is 2. The molecule has 71 heavy (non-hydrogen) atoms. The van der Waals surface area contributed by atoms with Crippen molar-refractivity contribution in [2.75, 3.05) is 106 Å². The minimum atomic E-state index is -0.787. The Labute approximate surface area is 421 Å². The Morgan fingerprint density at radius 1 is 0.676 bits per heavy atom. The zero-order valence-electron chi connectivity index (χ0n) is 40.6. The fourth-order valence-electron chi connectivity index (χ4n) is 7.76. The lowest BCUT2D eigenvalue weighted by molar-refractivity contribution is -0.137. The van der Waals surface area contributed by atoms with Gasteiger partial charge in [0.1, 0.15) is 35.9 Å². The van der Waals surface area contributed by atoms with Gasteiger partial charge in [0.25, 0.3) is 0 Å². The van der Waals surface area contributed by atoms with Crippen molar-refractivity contribution in [3.05, 3.63) is 95.0 Å². The summed E-state index contributed by atoms with van der Waals surface area (Å²) < 4.78 is 51.8. The SMILES string of the molecule is CN(C)CC(=O)O.COc1cc2c(Nc3ccc(Cl)cc3F)ncnc2cc1OCC1CCN(C(=O)CN(C)C)CC1.COc1cc2c(Nc3ccc(Cl)cc3F)ncnc2cc1OCC1CCNCC1. The number of benzene rings is 4. The number of nitrogens with one attached hydrogen (secondary N) is 3. The van der Waals surface area contributed by atoms with Gasteiger partial charge in [0.05, 0.1) is 62.9 Å². The number of carboxylic acid groups (broad SMARTS) is 1. The van der Waals surface area contributed by atoms with E-state index in [4.69, 9.17) is 47.3 Å². The molecule has 0 unspecified atom stereocenters. The number of anilines is 4. The van der Waals surface area contributed by atoms with Crippen LogP contribution in [-0.4, -0.2) is 147 Å². The number of hydrogen-bond acceptors (Lipinski definition) is 15. The molecule has 0 atom stereocenters. The highest BCUT2D eigenvalue weighted by Gasteiger charge is 2.24. The summed E-state index contributed by atoms with van der Waals surface area (Å²) in [6, 6.07) is 16.1. The summed E-state index contributed by atoms with van der Waals surface area (Å²) in [5.74, 6) is 2.54. The van der Waals surface area contributed by atoms with Crippen molar-refractivity contribution in [1.82, 2.24) is 40.0 Å². The van der Waals surface area contributed by atoms with Gasteiger partial charge in [-0.1, -0.05) is 23.2 Å². The van der Waals surface area contributed by atoms with E-state index in [-0.39, 0.29) is 23.8 Å². The second kappa shape index (κ2) is 26.2. The molecule has 0 bridgehead atoms. The van der Waals surface area contributed by atoms with E-state index in [0.29, 0.717) is 98.1 Å². The molecule has 2 aromatic heterocycles. The Balaban J connectivity index is 0.000000208. The number of halogens is 4. The number of hydrogen-bond donors (Lipinski definition) is 4. The molecule has 4 heterocycles. The molecule has 17 nitrogen and oxygen atoms in total. The molecule has 8 rings (SSSR count). The smallest absolute Gasteiger partial charge is 0.317 e. The Hall–Kier alpha value is -6.38. The summed E-state index contributed by atoms with van der Waals surface area (Å²) >= 11 is 11.7. The quantitative estimate of drug-likeness (QED) is 0.0721. The Morgan fingerprint density at radius 2 is 1.13 bits per heavy atom. The summed E-state index contributed by atoms with van der Waals surface area (Å²) in [6.45, 7) is 5.20. The largest absolute Gasteiger partial charge is 0.493 e. The van der Waals surface area contributed by atoms with E-state index in [1.165, 1.54) is 24.8 Å². The Morgan fingerprint density at radius 3 is 1.52 bits per heavy atom. The third-order valence-corrected chi connectivity index (χ3v) is 12.0. The lowest BCUT2D eigenvalue weighted by Crippen LogP contribution is -2.43. The van der Waals surface area contributed by atoms with Crippen molar-refractivity contribution < 1.29 is 42.4 Å². The van der Waals surface area contributed by atoms with Gasteiger partial charge in [-0.05, 0) is 127 Å². The summed E-state index contributed by atoms with van der Waals surface area (Å²) in [7, 11) is 10.4. The number of carbonyl (C=O) groups excluding carboxylic acids is 1.